The van der Waals surface area contributed by atoms with Crippen molar-refractivity contribution in [3.8, 4) is 11.4 Å². The van der Waals surface area contributed by atoms with E-state index in [0.29, 0.717) is 5.56 Å². The van der Waals surface area contributed by atoms with Crippen molar-refractivity contribution in [1.82, 2.24) is 14.7 Å². The Hall–Kier alpha value is -3.08. The van der Waals surface area contributed by atoms with Crippen molar-refractivity contribution in [2.24, 2.45) is 0 Å². The first kappa shape index (κ1) is 16.8. The summed E-state index contributed by atoms with van der Waals surface area (Å²) >= 11 is 0. The third kappa shape index (κ3) is 3.55. The van der Waals surface area contributed by atoms with Crippen LogP contribution in [-0.2, 0) is 0 Å². The van der Waals surface area contributed by atoms with Crippen LogP contribution in [-0.4, -0.2) is 34.7 Å². The number of para-hydroxylation sites is 1. The molecule has 0 spiro atoms. The molecule has 128 valence electrons. The van der Waals surface area contributed by atoms with Gasteiger partial charge in [-0.2, -0.15) is 5.10 Å². The lowest BCUT2D eigenvalue weighted by molar-refractivity contribution is 0.0742. The van der Waals surface area contributed by atoms with Gasteiger partial charge < -0.3 is 9.64 Å². The Morgan fingerprint density at radius 3 is 2.44 bits per heavy atom. The molecule has 1 aromatic heterocycles. The van der Waals surface area contributed by atoms with E-state index >= 15 is 0 Å². The standard InChI is InChI=1S/C20H21N3O2/c1-15(16-9-11-19(25-3)12-10-16)22(2)20(24)17-13-21-23(14-17)18-7-5-4-6-8-18/h4-15H,1-3H3. The van der Waals surface area contributed by atoms with Gasteiger partial charge >= 0.3 is 0 Å². The summed E-state index contributed by atoms with van der Waals surface area (Å²) in [5, 5.41) is 4.30. The second-order valence-corrected chi connectivity index (χ2v) is 5.87. The number of methoxy groups -OCH3 is 1. The topological polar surface area (TPSA) is 47.4 Å². The third-order valence-electron chi connectivity index (χ3n) is 4.35. The van der Waals surface area contributed by atoms with E-state index < -0.39 is 0 Å². The van der Waals surface area contributed by atoms with Gasteiger partial charge in [-0.15, -0.1) is 0 Å². The number of hydrogen-bond donors (Lipinski definition) is 0. The Bertz CT molecular complexity index is 841. The first-order chi connectivity index (χ1) is 12.1. The van der Waals surface area contributed by atoms with E-state index in [-0.39, 0.29) is 11.9 Å². The normalized spacial score (nSPS) is 11.8. The highest BCUT2D eigenvalue weighted by Crippen LogP contribution is 2.23. The van der Waals surface area contributed by atoms with Crippen LogP contribution in [0, 0.1) is 0 Å². The molecule has 0 radical (unpaired) electrons. The maximum Gasteiger partial charge on any atom is 0.257 e. The Labute approximate surface area is 147 Å². The van der Waals surface area contributed by atoms with Gasteiger partial charge in [0.1, 0.15) is 5.75 Å². The van der Waals surface area contributed by atoms with Crippen LogP contribution in [0.15, 0.2) is 67.0 Å². The van der Waals surface area contributed by atoms with Crippen molar-refractivity contribution in [2.75, 3.05) is 14.2 Å². The molecule has 3 rings (SSSR count). The second kappa shape index (κ2) is 7.21. The number of amides is 1. The number of benzene rings is 2. The highest BCUT2D eigenvalue weighted by Gasteiger charge is 2.20. The van der Waals surface area contributed by atoms with E-state index in [9.17, 15) is 4.79 Å². The molecule has 0 aliphatic rings. The number of aromatic nitrogens is 2. The molecule has 0 bridgehead atoms. The Morgan fingerprint density at radius 1 is 1.12 bits per heavy atom. The number of ether oxygens (including phenoxy) is 1. The van der Waals surface area contributed by atoms with Gasteiger partial charge in [0.05, 0.1) is 30.6 Å². The Kier molecular flexibility index (Phi) is 4.84. The Morgan fingerprint density at radius 2 is 1.80 bits per heavy atom. The molecule has 0 aliphatic heterocycles. The van der Waals surface area contributed by atoms with E-state index in [4.69, 9.17) is 4.74 Å². The van der Waals surface area contributed by atoms with Gasteiger partial charge in [-0.3, -0.25) is 4.79 Å². The number of carbonyl (C=O) groups is 1. The molecule has 2 aromatic carbocycles. The predicted molar refractivity (Wildman–Crippen MR) is 97.1 cm³/mol. The molecule has 5 nitrogen and oxygen atoms in total. The van der Waals surface area contributed by atoms with Crippen molar-refractivity contribution in [2.45, 2.75) is 13.0 Å². The van der Waals surface area contributed by atoms with Crippen molar-refractivity contribution in [3.05, 3.63) is 78.1 Å². The molecule has 1 unspecified atom stereocenters. The maximum atomic E-state index is 12.8. The fourth-order valence-electron chi connectivity index (χ4n) is 2.64. The first-order valence-corrected chi connectivity index (χ1v) is 8.11. The van der Waals surface area contributed by atoms with Crippen LogP contribution in [0.2, 0.25) is 0 Å². The molecule has 1 heterocycles. The smallest absolute Gasteiger partial charge is 0.257 e. The molecule has 1 amide bonds. The van der Waals surface area contributed by atoms with Crippen LogP contribution in [0.1, 0.15) is 28.9 Å². The lowest BCUT2D eigenvalue weighted by atomic mass is 10.1. The zero-order valence-electron chi connectivity index (χ0n) is 14.6. The predicted octanol–water partition coefficient (Wildman–Crippen LogP) is 3.71. The molecule has 1 atom stereocenters. The minimum absolute atomic E-state index is 0.0570. The molecule has 0 saturated heterocycles. The summed E-state index contributed by atoms with van der Waals surface area (Å²) in [6, 6.07) is 17.4. The number of hydrogen-bond acceptors (Lipinski definition) is 3. The SMILES string of the molecule is COc1ccc(C(C)N(C)C(=O)c2cnn(-c3ccccc3)c2)cc1. The summed E-state index contributed by atoms with van der Waals surface area (Å²) in [7, 11) is 3.44. The minimum atomic E-state index is -0.0644. The van der Waals surface area contributed by atoms with Crippen LogP contribution in [0.4, 0.5) is 0 Å². The van der Waals surface area contributed by atoms with Crippen LogP contribution in [0.5, 0.6) is 5.75 Å². The highest BCUT2D eigenvalue weighted by molar-refractivity contribution is 5.93. The molecule has 0 N–H and O–H groups in total. The lowest BCUT2D eigenvalue weighted by Crippen LogP contribution is -2.29. The maximum absolute atomic E-state index is 12.8. The van der Waals surface area contributed by atoms with Crippen molar-refractivity contribution < 1.29 is 9.53 Å². The van der Waals surface area contributed by atoms with Crippen molar-refractivity contribution in [1.29, 1.82) is 0 Å². The second-order valence-electron chi connectivity index (χ2n) is 5.87. The summed E-state index contributed by atoms with van der Waals surface area (Å²) < 4.78 is 6.89. The van der Waals surface area contributed by atoms with E-state index in [0.717, 1.165) is 17.0 Å². The lowest BCUT2D eigenvalue weighted by Gasteiger charge is -2.25. The average Bonchev–Trinajstić information content (AvgIpc) is 3.17. The minimum Gasteiger partial charge on any atom is -0.497 e. The van der Waals surface area contributed by atoms with Gasteiger partial charge in [0, 0.05) is 13.2 Å². The quantitative estimate of drug-likeness (QED) is 0.714. The van der Waals surface area contributed by atoms with Crippen LogP contribution in [0.3, 0.4) is 0 Å². The van der Waals surface area contributed by atoms with Crippen LogP contribution < -0.4 is 4.74 Å². The Balaban J connectivity index is 1.76. The summed E-state index contributed by atoms with van der Waals surface area (Å²) in [6.45, 7) is 2.00. The first-order valence-electron chi connectivity index (χ1n) is 8.11. The van der Waals surface area contributed by atoms with Crippen molar-refractivity contribution >= 4 is 5.91 Å². The molecular weight excluding hydrogens is 314 g/mol. The molecule has 3 aromatic rings. The molecular formula is C20H21N3O2. The number of rotatable bonds is 5. The molecule has 0 saturated carbocycles. The van der Waals surface area contributed by atoms with E-state index in [1.54, 1.807) is 36.1 Å². The zero-order valence-corrected chi connectivity index (χ0v) is 14.6. The van der Waals surface area contributed by atoms with E-state index in [1.165, 1.54) is 0 Å². The number of nitrogens with zero attached hydrogens (tertiary/aromatic N) is 3. The molecule has 0 fully saturated rings. The fourth-order valence-corrected chi connectivity index (χ4v) is 2.64. The molecule has 0 aliphatic carbocycles. The summed E-state index contributed by atoms with van der Waals surface area (Å²) in [5.41, 5.74) is 2.53. The zero-order chi connectivity index (χ0) is 17.8. The average molecular weight is 335 g/mol. The fraction of sp³-hybridized carbons (Fsp3) is 0.200. The van der Waals surface area contributed by atoms with Gasteiger partial charge in [0.2, 0.25) is 0 Å². The third-order valence-corrected chi connectivity index (χ3v) is 4.35. The van der Waals surface area contributed by atoms with Gasteiger partial charge in [-0.1, -0.05) is 30.3 Å². The number of carbonyl (C=O) groups excluding carboxylic acids is 1. The monoisotopic (exact) mass is 335 g/mol. The summed E-state index contributed by atoms with van der Waals surface area (Å²) in [4.78, 5) is 14.5. The van der Waals surface area contributed by atoms with Crippen LogP contribution in [0.25, 0.3) is 5.69 Å². The molecule has 25 heavy (non-hydrogen) atoms. The van der Waals surface area contributed by atoms with Gasteiger partial charge in [-0.25, -0.2) is 4.68 Å². The van der Waals surface area contributed by atoms with E-state index in [1.807, 2.05) is 61.5 Å². The summed E-state index contributed by atoms with van der Waals surface area (Å²) in [5.74, 6) is 0.736. The largest absolute Gasteiger partial charge is 0.497 e. The van der Waals surface area contributed by atoms with Crippen LogP contribution >= 0.6 is 0 Å². The highest BCUT2D eigenvalue weighted by atomic mass is 16.5. The molecule has 5 heteroatoms. The van der Waals surface area contributed by atoms with Gasteiger partial charge in [0.15, 0.2) is 0 Å². The summed E-state index contributed by atoms with van der Waals surface area (Å²) in [6.07, 6.45) is 3.36. The van der Waals surface area contributed by atoms with Crippen molar-refractivity contribution in [3.63, 3.8) is 0 Å². The van der Waals surface area contributed by atoms with E-state index in [2.05, 4.69) is 5.10 Å². The van der Waals surface area contributed by atoms with Gasteiger partial charge in [0.25, 0.3) is 5.91 Å². The van der Waals surface area contributed by atoms with Gasteiger partial charge in [-0.05, 0) is 36.8 Å².